The Morgan fingerprint density at radius 2 is 1.42 bits per heavy atom. The molecule has 4 aliphatic heterocycles. The number of ether oxygens (including phenoxy) is 11. The molecule has 0 spiro atoms. The van der Waals surface area contributed by atoms with Crippen LogP contribution in [0.1, 0.15) is 98.5 Å². The third-order valence-electron chi connectivity index (χ3n) is 17.9. The van der Waals surface area contributed by atoms with Crippen molar-refractivity contribution >= 4 is 29.4 Å². The fraction of sp³-hybridized carbons (Fsp3) is 0.750. The number of esters is 1. The second-order valence-electron chi connectivity index (χ2n) is 22.7. The van der Waals surface area contributed by atoms with Crippen LogP contribution < -0.4 is 0 Å². The maximum Gasteiger partial charge on any atom is 0.331 e. The number of Topliss-reactive ketones (excluding diaryl/α,β-unsaturated/α-hetero) is 2. The molecule has 7 aliphatic rings. The van der Waals surface area contributed by atoms with Crippen molar-refractivity contribution in [2.45, 2.75) is 221 Å². The lowest BCUT2D eigenvalue weighted by atomic mass is 9.52. The minimum absolute atomic E-state index is 0.0543. The Kier molecular flexibility index (Phi) is 19.4. The Hall–Kier alpha value is -3.50. The number of fused-ring (bicyclic) bond motifs is 1. The number of benzene rings is 1. The fourth-order valence-corrected chi connectivity index (χ4v) is 13.1. The lowest BCUT2D eigenvalue weighted by Gasteiger charge is -2.55. The highest BCUT2D eigenvalue weighted by Crippen LogP contribution is 2.57. The first-order valence-electron chi connectivity index (χ1n) is 27.2. The second-order valence-corrected chi connectivity index (χ2v) is 22.7. The van der Waals surface area contributed by atoms with Gasteiger partial charge in [-0.15, -0.1) is 0 Å². The van der Waals surface area contributed by atoms with Gasteiger partial charge in [0.1, 0.15) is 72.6 Å². The molecule has 0 amide bonds. The predicted molar refractivity (Wildman–Crippen MR) is 270 cm³/mol. The lowest BCUT2D eigenvalue weighted by Crippen LogP contribution is -2.65. The number of ketones is 3. The van der Waals surface area contributed by atoms with Gasteiger partial charge in [0, 0.05) is 63.2 Å². The van der Waals surface area contributed by atoms with Gasteiger partial charge in [0.05, 0.1) is 54.2 Å². The van der Waals surface area contributed by atoms with Gasteiger partial charge in [-0.2, -0.15) is 0 Å². The molecule has 6 fully saturated rings. The first-order chi connectivity index (χ1) is 37.0. The molecule has 0 unspecified atom stereocenters. The van der Waals surface area contributed by atoms with Crippen LogP contribution in [-0.4, -0.2) is 208 Å². The number of carbonyl (C=O) groups is 4. The molecular formula is C56H80O22. The first kappa shape index (κ1) is 60.6. The molecule has 4 saturated heterocycles. The summed E-state index contributed by atoms with van der Waals surface area (Å²) in [7, 11) is 2.85. The highest BCUT2D eigenvalue weighted by molar-refractivity contribution is 5.97. The van der Waals surface area contributed by atoms with Crippen molar-refractivity contribution < 1.29 is 107 Å². The molecule has 3 aliphatic carbocycles. The monoisotopic (exact) mass is 1100 g/mol. The van der Waals surface area contributed by atoms with E-state index in [1.807, 2.05) is 37.3 Å². The molecule has 4 heterocycles. The third kappa shape index (κ3) is 12.2. The molecule has 2 saturated carbocycles. The smallest absolute Gasteiger partial charge is 0.331 e. The number of rotatable bonds is 18. The molecule has 22 heteroatoms. The fourth-order valence-electron chi connectivity index (χ4n) is 13.1. The summed E-state index contributed by atoms with van der Waals surface area (Å²) in [5, 5.41) is 76.2. The van der Waals surface area contributed by atoms with Gasteiger partial charge in [-0.3, -0.25) is 14.4 Å². The molecule has 22 nitrogen and oxygen atoms in total. The molecule has 1 aromatic rings. The Morgan fingerprint density at radius 3 is 2.08 bits per heavy atom. The quantitative estimate of drug-likeness (QED) is 0.0806. The van der Waals surface area contributed by atoms with Crippen molar-refractivity contribution in [2.75, 3.05) is 20.8 Å². The maximum atomic E-state index is 14.0. The van der Waals surface area contributed by atoms with E-state index >= 15 is 0 Å². The minimum Gasteiger partial charge on any atom is -0.458 e. The zero-order valence-corrected chi connectivity index (χ0v) is 45.5. The molecule has 0 bridgehead atoms. The largest absolute Gasteiger partial charge is 0.458 e. The summed E-state index contributed by atoms with van der Waals surface area (Å²) < 4.78 is 66.9. The van der Waals surface area contributed by atoms with Crippen LogP contribution >= 0.6 is 0 Å². The average Bonchev–Trinajstić information content (AvgIpc) is 3.78. The van der Waals surface area contributed by atoms with Crippen molar-refractivity contribution in [1.82, 2.24) is 0 Å². The van der Waals surface area contributed by atoms with Gasteiger partial charge in [-0.1, -0.05) is 37.3 Å². The predicted octanol–water partition coefficient (Wildman–Crippen LogP) is 1.36. The van der Waals surface area contributed by atoms with E-state index in [-0.39, 0.29) is 49.5 Å². The van der Waals surface area contributed by atoms with E-state index in [0.717, 1.165) is 5.56 Å². The summed E-state index contributed by atoms with van der Waals surface area (Å²) in [6.45, 7) is 9.30. The van der Waals surface area contributed by atoms with Gasteiger partial charge < -0.3 is 87.9 Å². The van der Waals surface area contributed by atoms with Crippen molar-refractivity contribution in [3.63, 3.8) is 0 Å². The molecule has 0 radical (unpaired) electrons. The number of aliphatic hydroxyl groups is 7. The van der Waals surface area contributed by atoms with E-state index in [2.05, 4.69) is 0 Å². The molecule has 7 N–H and O–H groups in total. The van der Waals surface area contributed by atoms with Crippen LogP contribution in [0, 0.1) is 22.7 Å². The van der Waals surface area contributed by atoms with Crippen molar-refractivity contribution in [2.24, 2.45) is 22.7 Å². The van der Waals surface area contributed by atoms with E-state index in [0.29, 0.717) is 19.3 Å². The second kappa shape index (κ2) is 24.9. The van der Waals surface area contributed by atoms with Gasteiger partial charge >= 0.3 is 5.97 Å². The summed E-state index contributed by atoms with van der Waals surface area (Å²) in [6, 6.07) is 9.14. The number of hydrogen-bond acceptors (Lipinski definition) is 22. The van der Waals surface area contributed by atoms with Gasteiger partial charge in [-0.25, -0.2) is 4.79 Å². The number of carbonyl (C=O) groups excluding carboxylic acids is 4. The lowest BCUT2D eigenvalue weighted by molar-refractivity contribution is -0.373. The minimum atomic E-state index is -1.71. The highest BCUT2D eigenvalue weighted by atomic mass is 16.8. The van der Waals surface area contributed by atoms with Crippen LogP contribution in [-0.2, 0) is 71.3 Å². The van der Waals surface area contributed by atoms with E-state index in [4.69, 9.17) is 52.1 Å². The van der Waals surface area contributed by atoms with Crippen LogP contribution in [0.25, 0.3) is 6.08 Å². The molecule has 1 aromatic carbocycles. The van der Waals surface area contributed by atoms with E-state index in [1.165, 1.54) is 39.4 Å². The van der Waals surface area contributed by atoms with E-state index in [9.17, 15) is 54.9 Å². The average molecular weight is 1110 g/mol. The number of hydrogen-bond donors (Lipinski definition) is 7. The normalized spacial score (nSPS) is 45.5. The SMILES string of the molecule is CO[C@@H]1[C@@H](O)[C@H](O[C@H]2[C@H](O)C[C@H](O[C@@H]3[C@H](C)O[C@H](O[C@H]4CC[C@]5(C)[C@@H](C[C@@H](OC(=O)C=Cc6ccccc6)[C@@]6(C)C(=O)CC[C@@H]6C(C)=O)C(=O)C=C[C@@]5(O)C4)C[C@H]3OC)O[C@@H]2C)O[C@@H](C)[C@@H]1O[C@@H]1O[C@@H](CO)[C@H](O)[C@H](O)[C@H]1O. The molecule has 78 heavy (non-hydrogen) atoms. The zero-order valence-electron chi connectivity index (χ0n) is 45.5. The maximum absolute atomic E-state index is 14.0. The zero-order chi connectivity index (χ0) is 56.6. The summed E-state index contributed by atoms with van der Waals surface area (Å²) in [5.74, 6) is -3.07. The first-order valence-corrected chi connectivity index (χ1v) is 27.2. The van der Waals surface area contributed by atoms with Crippen LogP contribution in [0.4, 0.5) is 0 Å². The van der Waals surface area contributed by atoms with E-state index < -0.39 is 164 Å². The molecule has 8 rings (SSSR count). The van der Waals surface area contributed by atoms with Gasteiger partial charge in [0.15, 0.2) is 30.9 Å². The van der Waals surface area contributed by atoms with Crippen molar-refractivity contribution in [3.05, 3.63) is 54.1 Å². The van der Waals surface area contributed by atoms with Gasteiger partial charge in [-0.05, 0) is 84.1 Å². The summed E-state index contributed by atoms with van der Waals surface area (Å²) in [6.07, 6.45) is -15.0. The van der Waals surface area contributed by atoms with Crippen molar-refractivity contribution in [3.8, 4) is 0 Å². The Labute approximate surface area is 454 Å². The van der Waals surface area contributed by atoms with Crippen LogP contribution in [0.5, 0.6) is 0 Å². The Balaban J connectivity index is 0.866. The highest BCUT2D eigenvalue weighted by Gasteiger charge is 2.62. The van der Waals surface area contributed by atoms with Crippen molar-refractivity contribution in [1.29, 1.82) is 0 Å². The van der Waals surface area contributed by atoms with Crippen LogP contribution in [0.15, 0.2) is 48.6 Å². The number of allylic oxidation sites excluding steroid dienone is 1. The molecule has 25 atom stereocenters. The topological polar surface area (TPSA) is 311 Å². The number of aliphatic hydroxyl groups excluding tert-OH is 6. The molecule has 436 valence electrons. The third-order valence-corrected chi connectivity index (χ3v) is 17.9. The van der Waals surface area contributed by atoms with Crippen LogP contribution in [0.3, 0.4) is 0 Å². The van der Waals surface area contributed by atoms with Gasteiger partial charge in [0.2, 0.25) is 0 Å². The summed E-state index contributed by atoms with van der Waals surface area (Å²) >= 11 is 0. The Morgan fingerprint density at radius 1 is 0.769 bits per heavy atom. The van der Waals surface area contributed by atoms with E-state index in [1.54, 1.807) is 33.8 Å². The number of methoxy groups -OCH3 is 2. The Bertz CT molecular complexity index is 2290. The summed E-state index contributed by atoms with van der Waals surface area (Å²) in [5.41, 5.74) is -3.30. The molecule has 0 aromatic heterocycles. The van der Waals surface area contributed by atoms with Gasteiger partial charge in [0.25, 0.3) is 0 Å². The molecular weight excluding hydrogens is 1020 g/mol. The summed E-state index contributed by atoms with van der Waals surface area (Å²) in [4.78, 5) is 54.4. The van der Waals surface area contributed by atoms with Crippen LogP contribution in [0.2, 0.25) is 0 Å². The standard InChI is InChI=1S/C56H80O22/c1-27(58)33-15-16-39(61)55(33,6)40(75-41(62)17-14-31-12-10-9-11-13-31)22-34-35(59)19-21-56(67)25-32(18-20-54(34,56)5)73-43-24-37(68-7)49(29(3)71-43)76-42-23-36(60)48(28(2)70-42)77-53-47(66)51(69-8)50(30(4)72-53)78-52-46(65)45(64)44(63)38(26-57)74-52/h9-14,17,19,21,28-30,32-34,36-38,40,42-53,57,60,63-67H,15-16,18,20,22-26H2,1-8H3/t28-,29+,30+,32+,33-,34+,36-,37-,38+,40-,42+,43-,44+,45+,46-,47-,48-,49-,50+,51-,52+,53+,54-,55-,56-/m1/s1.